The van der Waals surface area contributed by atoms with E-state index in [1.54, 1.807) is 0 Å². The molecule has 0 unspecified atom stereocenters. The Labute approximate surface area is 137 Å². The van der Waals surface area contributed by atoms with Gasteiger partial charge in [0.2, 0.25) is 5.75 Å². The van der Waals surface area contributed by atoms with Crippen LogP contribution in [0.1, 0.15) is 25.0 Å². The maximum absolute atomic E-state index is 12.9. The molecule has 1 aromatic rings. The molecule has 3 N–H and O–H groups in total. The van der Waals surface area contributed by atoms with Crippen LogP contribution in [0.4, 0.5) is 0 Å². The van der Waals surface area contributed by atoms with Crippen molar-refractivity contribution in [1.82, 2.24) is 0 Å². The maximum Gasteiger partial charge on any atom is 0.204 e. The molecular formula is C17H16O7. The highest BCUT2D eigenvalue weighted by molar-refractivity contribution is 6.25. The molecule has 1 aliphatic carbocycles. The summed E-state index contributed by atoms with van der Waals surface area (Å²) in [5.74, 6) is -2.42. The van der Waals surface area contributed by atoms with Crippen molar-refractivity contribution < 1.29 is 34.4 Å². The largest absolute Gasteiger partial charge is 0.507 e. The summed E-state index contributed by atoms with van der Waals surface area (Å²) >= 11 is 0. The number of rotatable bonds is 2. The summed E-state index contributed by atoms with van der Waals surface area (Å²) in [6, 6.07) is 0. The molecule has 0 amide bonds. The van der Waals surface area contributed by atoms with Gasteiger partial charge in [0.05, 0.1) is 12.7 Å². The van der Waals surface area contributed by atoms with Gasteiger partial charge in [0.25, 0.3) is 0 Å². The molecule has 0 bridgehead atoms. The first-order valence-electron chi connectivity index (χ1n) is 7.18. The third-order valence-electron chi connectivity index (χ3n) is 4.56. The fourth-order valence-electron chi connectivity index (χ4n) is 3.19. The molecule has 7 heteroatoms. The Bertz CT molecular complexity index is 876. The third kappa shape index (κ3) is 1.66. The normalized spacial score (nSPS) is 21.8. The van der Waals surface area contributed by atoms with Gasteiger partial charge in [0, 0.05) is 11.6 Å². The number of carbonyl (C=O) groups excluding carboxylic acids is 2. The molecule has 1 atom stereocenters. The van der Waals surface area contributed by atoms with Crippen LogP contribution in [0.25, 0.3) is 0 Å². The molecule has 0 saturated carbocycles. The lowest BCUT2D eigenvalue weighted by Gasteiger charge is -2.27. The lowest BCUT2D eigenvalue weighted by atomic mass is 9.71. The molecule has 1 heterocycles. The average molecular weight is 332 g/mol. The van der Waals surface area contributed by atoms with E-state index in [4.69, 9.17) is 9.47 Å². The standard InChI is InChI=1S/C17H16O7/c1-6-12(20)11-14(15(23-4)13(6)21)24-9-5-8(19)10(7(2)18)16(22)17(9,11)3/h5,19-21H,1-4H3/t17-/m1/s1. The van der Waals surface area contributed by atoms with Crippen molar-refractivity contribution in [3.05, 3.63) is 34.3 Å². The topological polar surface area (TPSA) is 113 Å². The van der Waals surface area contributed by atoms with Crippen LogP contribution in [0.5, 0.6) is 23.0 Å². The van der Waals surface area contributed by atoms with Gasteiger partial charge in [0.15, 0.2) is 23.1 Å². The van der Waals surface area contributed by atoms with Gasteiger partial charge >= 0.3 is 0 Å². The molecule has 1 aliphatic heterocycles. The summed E-state index contributed by atoms with van der Waals surface area (Å²) in [7, 11) is 1.31. The predicted molar refractivity (Wildman–Crippen MR) is 82.5 cm³/mol. The van der Waals surface area contributed by atoms with Gasteiger partial charge in [-0.05, 0) is 20.8 Å². The number of ketones is 2. The number of benzene rings is 1. The molecule has 0 saturated heterocycles. The zero-order chi connectivity index (χ0) is 18.0. The fourth-order valence-corrected chi connectivity index (χ4v) is 3.19. The van der Waals surface area contributed by atoms with Crippen molar-refractivity contribution in [2.45, 2.75) is 26.2 Å². The van der Waals surface area contributed by atoms with Crippen molar-refractivity contribution in [3.8, 4) is 23.0 Å². The Hall–Kier alpha value is -2.96. The molecule has 0 radical (unpaired) electrons. The summed E-state index contributed by atoms with van der Waals surface area (Å²) in [6.07, 6.45) is 1.17. The van der Waals surface area contributed by atoms with Crippen LogP contribution < -0.4 is 9.47 Å². The predicted octanol–water partition coefficient (Wildman–Crippen LogP) is 1.93. The Morgan fingerprint density at radius 2 is 1.88 bits per heavy atom. The molecule has 2 aliphatic rings. The van der Waals surface area contributed by atoms with Crippen molar-refractivity contribution in [2.24, 2.45) is 0 Å². The summed E-state index contributed by atoms with van der Waals surface area (Å²) in [4.78, 5) is 24.7. The van der Waals surface area contributed by atoms with Crippen LogP contribution in [-0.4, -0.2) is 34.0 Å². The number of phenolic OH excluding ortho intramolecular Hbond substituents is 2. The number of allylic oxidation sites excluding steroid dienone is 3. The summed E-state index contributed by atoms with van der Waals surface area (Å²) < 4.78 is 10.8. The number of hydrogen-bond acceptors (Lipinski definition) is 7. The Kier molecular flexibility index (Phi) is 3.16. The van der Waals surface area contributed by atoms with E-state index < -0.39 is 22.7 Å². The average Bonchev–Trinajstić information content (AvgIpc) is 2.79. The summed E-state index contributed by atoms with van der Waals surface area (Å²) in [6.45, 7) is 4.12. The lowest BCUT2D eigenvalue weighted by molar-refractivity contribution is -0.123. The number of ether oxygens (including phenoxy) is 2. The quantitative estimate of drug-likeness (QED) is 0.709. The third-order valence-corrected chi connectivity index (χ3v) is 4.56. The van der Waals surface area contributed by atoms with Crippen LogP contribution in [0.15, 0.2) is 23.2 Å². The zero-order valence-corrected chi connectivity index (χ0v) is 13.6. The summed E-state index contributed by atoms with van der Waals surface area (Å²) in [5, 5.41) is 30.6. The van der Waals surface area contributed by atoms with Gasteiger partial charge < -0.3 is 24.8 Å². The van der Waals surface area contributed by atoms with Crippen molar-refractivity contribution in [2.75, 3.05) is 7.11 Å². The van der Waals surface area contributed by atoms with Gasteiger partial charge in [0.1, 0.15) is 28.3 Å². The highest BCUT2D eigenvalue weighted by atomic mass is 16.5. The Morgan fingerprint density at radius 3 is 2.42 bits per heavy atom. The maximum atomic E-state index is 12.9. The van der Waals surface area contributed by atoms with E-state index in [0.29, 0.717) is 0 Å². The number of aromatic hydroxyl groups is 2. The van der Waals surface area contributed by atoms with Crippen LogP contribution in [0.2, 0.25) is 0 Å². The van der Waals surface area contributed by atoms with Crippen molar-refractivity contribution in [1.29, 1.82) is 0 Å². The van der Waals surface area contributed by atoms with Crippen LogP contribution in [0.3, 0.4) is 0 Å². The van der Waals surface area contributed by atoms with E-state index in [-0.39, 0.29) is 45.5 Å². The Morgan fingerprint density at radius 1 is 1.25 bits per heavy atom. The molecule has 7 nitrogen and oxygen atoms in total. The second-order valence-corrected chi connectivity index (χ2v) is 5.94. The number of hydrogen-bond donors (Lipinski definition) is 3. The van der Waals surface area contributed by atoms with Crippen LogP contribution >= 0.6 is 0 Å². The number of phenols is 2. The minimum atomic E-state index is -1.50. The number of aliphatic hydroxyl groups is 1. The molecule has 1 aromatic carbocycles. The van der Waals surface area contributed by atoms with Crippen LogP contribution in [-0.2, 0) is 15.0 Å². The SMILES string of the molecule is COc1c(O)c(C)c(O)c2c1OC1=CC(O)=C(C(C)=O)C(=O)[C@]12C. The van der Waals surface area contributed by atoms with E-state index in [9.17, 15) is 24.9 Å². The van der Waals surface area contributed by atoms with Gasteiger partial charge in [-0.2, -0.15) is 0 Å². The van der Waals surface area contributed by atoms with Crippen molar-refractivity contribution >= 4 is 11.6 Å². The molecule has 0 spiro atoms. The number of fused-ring (bicyclic) bond motifs is 3. The number of aliphatic hydroxyl groups excluding tert-OH is 1. The number of carbonyl (C=O) groups is 2. The minimum absolute atomic E-state index is 0.0159. The van der Waals surface area contributed by atoms with E-state index in [1.807, 2.05) is 0 Å². The molecule has 24 heavy (non-hydrogen) atoms. The van der Waals surface area contributed by atoms with E-state index in [0.717, 1.165) is 0 Å². The smallest absolute Gasteiger partial charge is 0.204 e. The van der Waals surface area contributed by atoms with Crippen LogP contribution in [0, 0.1) is 6.92 Å². The van der Waals surface area contributed by atoms with Gasteiger partial charge in [-0.15, -0.1) is 0 Å². The van der Waals surface area contributed by atoms with E-state index in [2.05, 4.69) is 0 Å². The van der Waals surface area contributed by atoms with Gasteiger partial charge in [-0.25, -0.2) is 0 Å². The van der Waals surface area contributed by atoms with Gasteiger partial charge in [-0.3, -0.25) is 9.59 Å². The molecule has 126 valence electrons. The first-order valence-corrected chi connectivity index (χ1v) is 7.18. The second kappa shape index (κ2) is 4.77. The molecule has 0 fully saturated rings. The second-order valence-electron chi connectivity index (χ2n) is 5.94. The first kappa shape index (κ1) is 15.9. The Balaban J connectivity index is 2.38. The van der Waals surface area contributed by atoms with Crippen molar-refractivity contribution in [3.63, 3.8) is 0 Å². The van der Waals surface area contributed by atoms with E-state index in [1.165, 1.54) is 34.0 Å². The molecule has 3 rings (SSSR count). The number of methoxy groups -OCH3 is 1. The fraction of sp³-hybridized carbons (Fsp3) is 0.294. The zero-order valence-electron chi connectivity index (χ0n) is 13.6. The minimum Gasteiger partial charge on any atom is -0.507 e. The monoisotopic (exact) mass is 332 g/mol. The first-order chi connectivity index (χ1) is 11.2. The summed E-state index contributed by atoms with van der Waals surface area (Å²) in [5.41, 5.74) is -1.65. The highest BCUT2D eigenvalue weighted by Crippen LogP contribution is 2.60. The van der Waals surface area contributed by atoms with E-state index >= 15 is 0 Å². The number of Topliss-reactive ketones (excluding diaryl/α,β-unsaturated/α-hetero) is 2. The molecular weight excluding hydrogens is 316 g/mol. The molecule has 0 aromatic heterocycles. The van der Waals surface area contributed by atoms with Gasteiger partial charge in [-0.1, -0.05) is 0 Å². The lowest BCUT2D eigenvalue weighted by Crippen LogP contribution is -2.38. The highest BCUT2D eigenvalue weighted by Gasteiger charge is 2.55.